The monoisotopic (exact) mass is 325 g/mol. The van der Waals surface area contributed by atoms with Gasteiger partial charge in [0.05, 0.1) is 5.56 Å². The zero-order chi connectivity index (χ0) is 16.6. The molecule has 118 valence electrons. The number of carbonyl (C=O) groups excluding carboxylic acids is 1. The lowest BCUT2D eigenvalue weighted by molar-refractivity contribution is 0.102. The molecule has 5 heteroatoms. The summed E-state index contributed by atoms with van der Waals surface area (Å²) in [6, 6.07) is 7.92. The highest BCUT2D eigenvalue weighted by atomic mass is 32.1. The van der Waals surface area contributed by atoms with Gasteiger partial charge in [0, 0.05) is 28.7 Å². The van der Waals surface area contributed by atoms with E-state index in [0.717, 1.165) is 27.8 Å². The van der Waals surface area contributed by atoms with E-state index in [4.69, 9.17) is 0 Å². The molecule has 0 saturated heterocycles. The number of aryl methyl sites for hydroxylation is 3. The van der Waals surface area contributed by atoms with Gasteiger partial charge in [-0.2, -0.15) is 0 Å². The maximum absolute atomic E-state index is 12.7. The molecule has 0 aliphatic rings. The Bertz CT molecular complexity index is 863. The predicted molar refractivity (Wildman–Crippen MR) is 94.8 cm³/mol. The second-order valence-electron chi connectivity index (χ2n) is 5.71. The maximum Gasteiger partial charge on any atom is 0.257 e. The molecule has 0 bridgehead atoms. The average Bonchev–Trinajstić information content (AvgIpc) is 3.10. The van der Waals surface area contributed by atoms with E-state index in [9.17, 15) is 4.79 Å². The highest BCUT2D eigenvalue weighted by Gasteiger charge is 2.18. The van der Waals surface area contributed by atoms with Gasteiger partial charge in [0.25, 0.3) is 5.91 Å². The van der Waals surface area contributed by atoms with Crippen LogP contribution in [0.1, 0.15) is 32.9 Å². The van der Waals surface area contributed by atoms with Crippen LogP contribution in [0.3, 0.4) is 0 Å². The summed E-state index contributed by atoms with van der Waals surface area (Å²) in [5, 5.41) is 5.83. The van der Waals surface area contributed by atoms with Crippen LogP contribution in [0, 0.1) is 27.7 Å². The van der Waals surface area contributed by atoms with Crippen molar-refractivity contribution in [1.29, 1.82) is 0 Å². The zero-order valence-corrected chi connectivity index (χ0v) is 14.5. The van der Waals surface area contributed by atoms with Crippen molar-refractivity contribution >= 4 is 22.9 Å². The summed E-state index contributed by atoms with van der Waals surface area (Å²) in [4.78, 5) is 17.0. The van der Waals surface area contributed by atoms with Crippen molar-refractivity contribution in [2.75, 3.05) is 5.32 Å². The van der Waals surface area contributed by atoms with Crippen molar-refractivity contribution < 1.29 is 4.79 Å². The SMILES string of the molecule is Cc1ccc(NC(=O)c2cc(C)n(-c3nccs3)c2C)c(C)c1. The van der Waals surface area contributed by atoms with Gasteiger partial charge < -0.3 is 5.32 Å². The molecule has 0 radical (unpaired) electrons. The van der Waals surface area contributed by atoms with Crippen LogP contribution in [0.2, 0.25) is 0 Å². The van der Waals surface area contributed by atoms with Gasteiger partial charge in [0.1, 0.15) is 0 Å². The fraction of sp³-hybridized carbons (Fsp3) is 0.222. The lowest BCUT2D eigenvalue weighted by Crippen LogP contribution is -2.14. The molecule has 0 unspecified atom stereocenters. The largest absolute Gasteiger partial charge is 0.322 e. The van der Waals surface area contributed by atoms with Crippen LogP contribution in [-0.4, -0.2) is 15.5 Å². The number of amides is 1. The van der Waals surface area contributed by atoms with E-state index in [-0.39, 0.29) is 5.91 Å². The minimum Gasteiger partial charge on any atom is -0.322 e. The number of aromatic nitrogens is 2. The summed E-state index contributed by atoms with van der Waals surface area (Å²) >= 11 is 1.56. The third-order valence-corrected chi connectivity index (χ3v) is 4.67. The molecule has 0 aliphatic heterocycles. The second-order valence-corrected chi connectivity index (χ2v) is 6.58. The van der Waals surface area contributed by atoms with Gasteiger partial charge in [-0.25, -0.2) is 4.98 Å². The molecule has 3 rings (SSSR count). The lowest BCUT2D eigenvalue weighted by Gasteiger charge is -2.09. The average molecular weight is 325 g/mol. The van der Waals surface area contributed by atoms with E-state index in [0.29, 0.717) is 5.56 Å². The number of rotatable bonds is 3. The van der Waals surface area contributed by atoms with Crippen LogP contribution in [-0.2, 0) is 0 Å². The van der Waals surface area contributed by atoms with Crippen molar-refractivity contribution in [3.05, 3.63) is 63.9 Å². The van der Waals surface area contributed by atoms with Gasteiger partial charge in [0.2, 0.25) is 0 Å². The molecular weight excluding hydrogens is 306 g/mol. The fourth-order valence-corrected chi connectivity index (χ4v) is 3.51. The molecule has 0 saturated carbocycles. The topological polar surface area (TPSA) is 46.9 Å². The highest BCUT2D eigenvalue weighted by molar-refractivity contribution is 7.12. The second kappa shape index (κ2) is 6.01. The Morgan fingerprint density at radius 1 is 1.17 bits per heavy atom. The predicted octanol–water partition coefficient (Wildman–Crippen LogP) is 4.42. The highest BCUT2D eigenvalue weighted by Crippen LogP contribution is 2.24. The molecule has 2 aromatic heterocycles. The normalized spacial score (nSPS) is 10.8. The van der Waals surface area contributed by atoms with Crippen LogP contribution in [0.4, 0.5) is 5.69 Å². The first-order valence-electron chi connectivity index (χ1n) is 7.45. The number of thiazole rings is 1. The van der Waals surface area contributed by atoms with Crippen LogP contribution in [0.25, 0.3) is 5.13 Å². The molecule has 2 heterocycles. The van der Waals surface area contributed by atoms with Gasteiger partial charge in [-0.1, -0.05) is 17.7 Å². The molecule has 0 atom stereocenters. The molecule has 23 heavy (non-hydrogen) atoms. The van der Waals surface area contributed by atoms with Gasteiger partial charge in [-0.15, -0.1) is 11.3 Å². The molecule has 4 nitrogen and oxygen atoms in total. The molecule has 1 N–H and O–H groups in total. The zero-order valence-electron chi connectivity index (χ0n) is 13.7. The Labute approximate surface area is 139 Å². The van der Waals surface area contributed by atoms with Gasteiger partial charge in [-0.3, -0.25) is 9.36 Å². The van der Waals surface area contributed by atoms with E-state index in [1.165, 1.54) is 5.56 Å². The van der Waals surface area contributed by atoms with Crippen LogP contribution in [0.15, 0.2) is 35.8 Å². The maximum atomic E-state index is 12.7. The van der Waals surface area contributed by atoms with E-state index >= 15 is 0 Å². The van der Waals surface area contributed by atoms with E-state index in [1.54, 1.807) is 17.5 Å². The van der Waals surface area contributed by atoms with Crippen molar-refractivity contribution in [3.63, 3.8) is 0 Å². The molecular formula is C18H19N3OS. The Morgan fingerprint density at radius 2 is 1.96 bits per heavy atom. The third-order valence-electron chi connectivity index (χ3n) is 3.92. The third kappa shape index (κ3) is 2.92. The first-order valence-corrected chi connectivity index (χ1v) is 8.32. The fourth-order valence-electron chi connectivity index (χ4n) is 2.76. The Kier molecular flexibility index (Phi) is 4.05. The smallest absolute Gasteiger partial charge is 0.257 e. The molecule has 0 spiro atoms. The number of carbonyl (C=O) groups is 1. The molecule has 1 aromatic carbocycles. The molecule has 1 amide bonds. The summed E-state index contributed by atoms with van der Waals surface area (Å²) in [6.45, 7) is 7.98. The van der Waals surface area contributed by atoms with Gasteiger partial charge >= 0.3 is 0 Å². The Morgan fingerprint density at radius 3 is 2.61 bits per heavy atom. The van der Waals surface area contributed by atoms with Crippen molar-refractivity contribution in [2.24, 2.45) is 0 Å². The quantitative estimate of drug-likeness (QED) is 0.775. The number of nitrogens with one attached hydrogen (secondary N) is 1. The Hall–Kier alpha value is -2.40. The Balaban J connectivity index is 1.93. The first-order chi connectivity index (χ1) is 11.0. The minimum absolute atomic E-state index is 0.0899. The molecule has 0 aliphatic carbocycles. The minimum atomic E-state index is -0.0899. The summed E-state index contributed by atoms with van der Waals surface area (Å²) in [5.74, 6) is -0.0899. The number of hydrogen-bond donors (Lipinski definition) is 1. The standard InChI is InChI=1S/C18H19N3OS/c1-11-5-6-16(12(2)9-11)20-17(22)15-10-13(3)21(14(15)4)18-19-7-8-23-18/h5-10H,1-4H3,(H,20,22). The van der Waals surface area contributed by atoms with Crippen molar-refractivity contribution in [1.82, 2.24) is 9.55 Å². The molecule has 3 aromatic rings. The number of anilines is 1. The van der Waals surface area contributed by atoms with Crippen molar-refractivity contribution in [3.8, 4) is 5.13 Å². The van der Waals surface area contributed by atoms with Crippen molar-refractivity contribution in [2.45, 2.75) is 27.7 Å². The van der Waals surface area contributed by atoms with Gasteiger partial charge in [0.15, 0.2) is 5.13 Å². The number of hydrogen-bond acceptors (Lipinski definition) is 3. The van der Waals surface area contributed by atoms with E-state index < -0.39 is 0 Å². The van der Waals surface area contributed by atoms with E-state index in [2.05, 4.69) is 16.4 Å². The number of benzene rings is 1. The van der Waals surface area contributed by atoms with Gasteiger partial charge in [-0.05, 0) is 45.4 Å². The summed E-state index contributed by atoms with van der Waals surface area (Å²) in [6.07, 6.45) is 1.77. The van der Waals surface area contributed by atoms with E-state index in [1.807, 2.05) is 55.8 Å². The number of nitrogens with zero attached hydrogens (tertiary/aromatic N) is 2. The van der Waals surface area contributed by atoms with Crippen LogP contribution in [0.5, 0.6) is 0 Å². The van der Waals surface area contributed by atoms with Crippen LogP contribution < -0.4 is 5.32 Å². The molecule has 0 fully saturated rings. The first kappa shape index (κ1) is 15.5. The van der Waals surface area contributed by atoms with Crippen LogP contribution >= 0.6 is 11.3 Å². The lowest BCUT2D eigenvalue weighted by atomic mass is 10.1. The summed E-state index contributed by atoms with van der Waals surface area (Å²) in [7, 11) is 0. The summed E-state index contributed by atoms with van der Waals surface area (Å²) < 4.78 is 2.02. The summed E-state index contributed by atoms with van der Waals surface area (Å²) in [5.41, 5.74) is 5.68.